The van der Waals surface area contributed by atoms with Crippen molar-refractivity contribution in [2.45, 2.75) is 47.7 Å². The summed E-state index contributed by atoms with van der Waals surface area (Å²) in [5.74, 6) is -0.682. The van der Waals surface area contributed by atoms with Crippen molar-refractivity contribution in [3.63, 3.8) is 0 Å². The van der Waals surface area contributed by atoms with Gasteiger partial charge < -0.3 is 5.11 Å². The number of thioether (sulfide) groups is 1. The fourth-order valence-electron chi connectivity index (χ4n) is 2.27. The van der Waals surface area contributed by atoms with E-state index in [9.17, 15) is 4.79 Å². The lowest BCUT2D eigenvalue weighted by molar-refractivity contribution is -0.137. The summed E-state index contributed by atoms with van der Waals surface area (Å²) in [4.78, 5) is 12.2. The predicted octanol–water partition coefficient (Wildman–Crippen LogP) is 3.45. The molecule has 2 fully saturated rings. The van der Waals surface area contributed by atoms with Crippen LogP contribution in [-0.4, -0.2) is 16.3 Å². The van der Waals surface area contributed by atoms with Crippen LogP contribution < -0.4 is 0 Å². The zero-order chi connectivity index (χ0) is 11.9. The first-order chi connectivity index (χ1) is 8.18. The van der Waals surface area contributed by atoms with E-state index in [1.807, 2.05) is 11.8 Å². The van der Waals surface area contributed by atoms with Gasteiger partial charge in [0.15, 0.2) is 0 Å². The third-order valence-electron chi connectivity index (χ3n) is 3.64. The number of hydrogen-bond acceptors (Lipinski definition) is 2. The molecule has 1 N–H and O–H groups in total. The van der Waals surface area contributed by atoms with Gasteiger partial charge in [0.05, 0.1) is 6.42 Å². The summed E-state index contributed by atoms with van der Waals surface area (Å²) in [6, 6.07) is 8.56. The van der Waals surface area contributed by atoms with E-state index in [1.165, 1.54) is 23.3 Å². The zero-order valence-corrected chi connectivity index (χ0v) is 10.5. The molecule has 1 aromatic carbocycles. The average Bonchev–Trinajstić information content (AvgIpc) is 3.16. The zero-order valence-electron chi connectivity index (χ0n) is 9.69. The minimum absolute atomic E-state index is 0.0470. The fourth-order valence-corrected chi connectivity index (χ4v) is 3.32. The Labute approximate surface area is 105 Å². The molecule has 2 aliphatic rings. The molecule has 3 rings (SSSR count). The van der Waals surface area contributed by atoms with Crippen LogP contribution >= 0.6 is 11.8 Å². The van der Waals surface area contributed by atoms with Gasteiger partial charge >= 0.3 is 5.97 Å². The SMILES string of the molecule is O=C(O)CC1(c2ccc(SC3CC3)cc2)CC1. The summed E-state index contributed by atoms with van der Waals surface area (Å²) in [7, 11) is 0. The maximum absolute atomic E-state index is 10.8. The van der Waals surface area contributed by atoms with Gasteiger partial charge in [0, 0.05) is 15.6 Å². The quantitative estimate of drug-likeness (QED) is 0.867. The Morgan fingerprint density at radius 3 is 2.41 bits per heavy atom. The van der Waals surface area contributed by atoms with Gasteiger partial charge in [-0.15, -0.1) is 11.8 Å². The largest absolute Gasteiger partial charge is 0.481 e. The lowest BCUT2D eigenvalue weighted by Crippen LogP contribution is -2.12. The van der Waals surface area contributed by atoms with Crippen molar-refractivity contribution < 1.29 is 9.90 Å². The second-order valence-corrected chi connectivity index (χ2v) is 6.57. The molecule has 2 nitrogen and oxygen atoms in total. The highest BCUT2D eigenvalue weighted by Gasteiger charge is 2.45. The fraction of sp³-hybridized carbons (Fsp3) is 0.500. The van der Waals surface area contributed by atoms with E-state index < -0.39 is 5.97 Å². The molecular formula is C14H16O2S. The summed E-state index contributed by atoms with van der Waals surface area (Å²) in [6.45, 7) is 0. The summed E-state index contributed by atoms with van der Waals surface area (Å²) in [6.07, 6.45) is 5.01. The van der Waals surface area contributed by atoms with E-state index in [0.717, 1.165) is 18.1 Å². The van der Waals surface area contributed by atoms with Crippen molar-refractivity contribution >= 4 is 17.7 Å². The van der Waals surface area contributed by atoms with Crippen LogP contribution in [0.3, 0.4) is 0 Å². The Hall–Kier alpha value is -0.960. The van der Waals surface area contributed by atoms with Crippen molar-refractivity contribution in [3.05, 3.63) is 29.8 Å². The molecule has 3 heteroatoms. The normalized spacial score (nSPS) is 21.2. The maximum atomic E-state index is 10.8. The Balaban J connectivity index is 1.72. The third-order valence-corrected chi connectivity index (χ3v) is 4.99. The molecule has 0 aliphatic heterocycles. The van der Waals surface area contributed by atoms with Crippen LogP contribution in [0, 0.1) is 0 Å². The highest BCUT2D eigenvalue weighted by Crippen LogP contribution is 2.51. The molecule has 0 atom stereocenters. The van der Waals surface area contributed by atoms with Gasteiger partial charge in [-0.3, -0.25) is 4.79 Å². The van der Waals surface area contributed by atoms with Gasteiger partial charge in [-0.25, -0.2) is 0 Å². The summed E-state index contributed by atoms with van der Waals surface area (Å²) in [5.41, 5.74) is 1.16. The molecule has 1 aromatic rings. The number of benzene rings is 1. The third kappa shape index (κ3) is 2.49. The number of carboxylic acids is 1. The number of rotatable bonds is 5. The van der Waals surface area contributed by atoms with Gasteiger partial charge in [-0.2, -0.15) is 0 Å². The van der Waals surface area contributed by atoms with Gasteiger partial charge in [-0.1, -0.05) is 12.1 Å². The van der Waals surface area contributed by atoms with Gasteiger partial charge in [0.2, 0.25) is 0 Å². The van der Waals surface area contributed by atoms with Crippen LogP contribution in [0.1, 0.15) is 37.7 Å². The van der Waals surface area contributed by atoms with Crippen LogP contribution in [-0.2, 0) is 10.2 Å². The Bertz CT molecular complexity index is 430. The maximum Gasteiger partial charge on any atom is 0.304 e. The molecule has 2 saturated carbocycles. The standard InChI is InChI=1S/C14H16O2S/c15-13(16)9-14(7-8-14)10-1-3-11(4-2-10)17-12-5-6-12/h1-4,12H,5-9H2,(H,15,16). The smallest absolute Gasteiger partial charge is 0.304 e. The Kier molecular flexibility index (Phi) is 2.66. The first-order valence-corrected chi connectivity index (χ1v) is 7.05. The van der Waals surface area contributed by atoms with Crippen LogP contribution in [0.5, 0.6) is 0 Å². The van der Waals surface area contributed by atoms with Crippen molar-refractivity contribution in [1.82, 2.24) is 0 Å². The summed E-state index contributed by atoms with van der Waals surface area (Å²) >= 11 is 1.95. The van der Waals surface area contributed by atoms with Crippen molar-refractivity contribution in [2.75, 3.05) is 0 Å². The number of carboxylic acid groups (broad SMARTS) is 1. The summed E-state index contributed by atoms with van der Waals surface area (Å²) < 4.78 is 0. The first kappa shape index (κ1) is 11.1. The number of aliphatic carboxylic acids is 1. The Morgan fingerprint density at radius 2 is 1.94 bits per heavy atom. The lowest BCUT2D eigenvalue weighted by Gasteiger charge is -2.13. The van der Waals surface area contributed by atoms with Crippen molar-refractivity contribution in [1.29, 1.82) is 0 Å². The second kappa shape index (κ2) is 4.05. The minimum Gasteiger partial charge on any atom is -0.481 e. The molecule has 0 unspecified atom stereocenters. The van der Waals surface area contributed by atoms with E-state index in [0.29, 0.717) is 0 Å². The van der Waals surface area contributed by atoms with E-state index in [4.69, 9.17) is 5.11 Å². The molecule has 0 radical (unpaired) electrons. The summed E-state index contributed by atoms with van der Waals surface area (Å²) in [5, 5.41) is 9.76. The molecular weight excluding hydrogens is 232 g/mol. The second-order valence-electron chi connectivity index (χ2n) is 5.19. The number of carbonyl (C=O) groups is 1. The molecule has 17 heavy (non-hydrogen) atoms. The molecule has 0 spiro atoms. The Morgan fingerprint density at radius 1 is 1.29 bits per heavy atom. The van der Waals surface area contributed by atoms with Crippen LogP contribution in [0.2, 0.25) is 0 Å². The molecule has 0 heterocycles. The molecule has 0 bridgehead atoms. The molecule has 90 valence electrons. The molecule has 2 aliphatic carbocycles. The van der Waals surface area contributed by atoms with Gasteiger partial charge in [-0.05, 0) is 43.4 Å². The monoisotopic (exact) mass is 248 g/mol. The van der Waals surface area contributed by atoms with Gasteiger partial charge in [0.25, 0.3) is 0 Å². The minimum atomic E-state index is -0.682. The molecule has 0 aromatic heterocycles. The van der Waals surface area contributed by atoms with E-state index in [1.54, 1.807) is 0 Å². The first-order valence-electron chi connectivity index (χ1n) is 6.17. The predicted molar refractivity (Wildman–Crippen MR) is 68.5 cm³/mol. The highest BCUT2D eigenvalue weighted by molar-refractivity contribution is 8.00. The van der Waals surface area contributed by atoms with Crippen molar-refractivity contribution in [2.24, 2.45) is 0 Å². The number of hydrogen-bond donors (Lipinski definition) is 1. The van der Waals surface area contributed by atoms with Gasteiger partial charge in [0.1, 0.15) is 0 Å². The van der Waals surface area contributed by atoms with Crippen LogP contribution in [0.15, 0.2) is 29.2 Å². The lowest BCUT2D eigenvalue weighted by atomic mass is 9.93. The molecule has 0 amide bonds. The average molecular weight is 248 g/mol. The van der Waals surface area contributed by atoms with Crippen molar-refractivity contribution in [3.8, 4) is 0 Å². The van der Waals surface area contributed by atoms with E-state index >= 15 is 0 Å². The topological polar surface area (TPSA) is 37.3 Å². The highest BCUT2D eigenvalue weighted by atomic mass is 32.2. The van der Waals surface area contributed by atoms with Crippen LogP contribution in [0.25, 0.3) is 0 Å². The van der Waals surface area contributed by atoms with E-state index in [2.05, 4.69) is 24.3 Å². The van der Waals surface area contributed by atoms with Crippen LogP contribution in [0.4, 0.5) is 0 Å². The molecule has 0 saturated heterocycles. The van der Waals surface area contributed by atoms with E-state index in [-0.39, 0.29) is 11.8 Å².